The lowest BCUT2D eigenvalue weighted by Gasteiger charge is -2.19. The Labute approximate surface area is 124 Å². The summed E-state index contributed by atoms with van der Waals surface area (Å²) in [6, 6.07) is 6.00. The number of carboxylic acids is 1. The second-order valence-corrected chi connectivity index (χ2v) is 5.24. The zero-order valence-electron chi connectivity index (χ0n) is 11.5. The van der Waals surface area contributed by atoms with Crippen molar-refractivity contribution in [2.24, 2.45) is 0 Å². The average Bonchev–Trinajstić information content (AvgIpc) is 3.20. The molecule has 0 unspecified atom stereocenters. The van der Waals surface area contributed by atoms with Gasteiger partial charge in [-0.25, -0.2) is 0 Å². The Balaban J connectivity index is 1.98. The Morgan fingerprint density at radius 2 is 2.14 bits per heavy atom. The number of rotatable bonds is 5. The largest absolute Gasteiger partial charge is 0.480 e. The van der Waals surface area contributed by atoms with Crippen LogP contribution in [0.1, 0.15) is 23.3 Å². The maximum Gasteiger partial charge on any atom is 0.323 e. The molecule has 1 heterocycles. The number of hydrogen-bond donors (Lipinski definition) is 2. The van der Waals surface area contributed by atoms with Gasteiger partial charge in [0.25, 0.3) is 11.6 Å². The quantitative estimate of drug-likeness (QED) is 0.645. The minimum absolute atomic E-state index is 0.0648. The van der Waals surface area contributed by atoms with Gasteiger partial charge in [0.15, 0.2) is 0 Å². The number of fused-ring (bicyclic) bond motifs is 1. The summed E-state index contributed by atoms with van der Waals surface area (Å²) in [4.78, 5) is 37.9. The predicted octanol–water partition coefficient (Wildman–Crippen LogP) is 1.77. The van der Waals surface area contributed by atoms with Crippen LogP contribution in [-0.4, -0.2) is 44.4 Å². The number of carbonyl (C=O) groups excluding carboxylic acids is 1. The second kappa shape index (κ2) is 5.14. The number of nitrogens with zero attached hydrogens (tertiary/aromatic N) is 2. The normalized spacial score (nSPS) is 14.0. The lowest BCUT2D eigenvalue weighted by molar-refractivity contribution is -0.383. The van der Waals surface area contributed by atoms with Gasteiger partial charge in [0, 0.05) is 17.5 Å². The first-order valence-corrected chi connectivity index (χ1v) is 6.76. The van der Waals surface area contributed by atoms with Crippen molar-refractivity contribution in [1.82, 2.24) is 9.88 Å². The van der Waals surface area contributed by atoms with Gasteiger partial charge in [0.05, 0.1) is 4.92 Å². The van der Waals surface area contributed by atoms with Crippen molar-refractivity contribution in [2.45, 2.75) is 18.9 Å². The first-order valence-electron chi connectivity index (χ1n) is 6.76. The van der Waals surface area contributed by atoms with E-state index in [-0.39, 0.29) is 29.5 Å². The predicted molar refractivity (Wildman–Crippen MR) is 76.6 cm³/mol. The Morgan fingerprint density at radius 3 is 2.73 bits per heavy atom. The number of carboxylic acid groups (broad SMARTS) is 1. The summed E-state index contributed by atoms with van der Waals surface area (Å²) in [5.74, 6) is -1.53. The van der Waals surface area contributed by atoms with E-state index in [1.54, 1.807) is 12.1 Å². The number of benzene rings is 1. The number of aromatic nitrogens is 1. The van der Waals surface area contributed by atoms with Crippen molar-refractivity contribution < 1.29 is 19.6 Å². The molecule has 22 heavy (non-hydrogen) atoms. The summed E-state index contributed by atoms with van der Waals surface area (Å²) in [5, 5.41) is 20.5. The molecule has 0 atom stereocenters. The number of aliphatic carboxylic acids is 1. The Hall–Kier alpha value is -2.90. The number of aromatic amines is 1. The number of amides is 1. The molecule has 0 spiro atoms. The number of hydrogen-bond acceptors (Lipinski definition) is 4. The van der Waals surface area contributed by atoms with Crippen molar-refractivity contribution in [1.29, 1.82) is 0 Å². The molecule has 2 aromatic rings. The van der Waals surface area contributed by atoms with Crippen LogP contribution < -0.4 is 0 Å². The smallest absolute Gasteiger partial charge is 0.323 e. The van der Waals surface area contributed by atoms with Crippen LogP contribution in [-0.2, 0) is 4.79 Å². The molecule has 3 rings (SSSR count). The second-order valence-electron chi connectivity index (χ2n) is 5.24. The van der Waals surface area contributed by atoms with Gasteiger partial charge in [0.1, 0.15) is 17.8 Å². The number of carbonyl (C=O) groups is 2. The molecule has 1 fully saturated rings. The molecule has 1 aliphatic rings. The molecular weight excluding hydrogens is 290 g/mol. The van der Waals surface area contributed by atoms with Crippen molar-refractivity contribution in [2.75, 3.05) is 6.54 Å². The third kappa shape index (κ3) is 2.50. The minimum atomic E-state index is -1.08. The summed E-state index contributed by atoms with van der Waals surface area (Å²) >= 11 is 0. The van der Waals surface area contributed by atoms with Crippen LogP contribution in [0.25, 0.3) is 10.9 Å². The lowest BCUT2D eigenvalue weighted by Crippen LogP contribution is -2.37. The van der Waals surface area contributed by atoms with Crippen molar-refractivity contribution >= 4 is 28.5 Å². The average molecular weight is 303 g/mol. The van der Waals surface area contributed by atoms with Crippen LogP contribution in [0.15, 0.2) is 24.3 Å². The summed E-state index contributed by atoms with van der Waals surface area (Å²) in [5.41, 5.74) is 0.312. The van der Waals surface area contributed by atoms with E-state index in [0.717, 1.165) is 12.8 Å². The van der Waals surface area contributed by atoms with E-state index >= 15 is 0 Å². The number of H-pyrrole nitrogens is 1. The maximum absolute atomic E-state index is 12.5. The topological polar surface area (TPSA) is 117 Å². The molecule has 114 valence electrons. The Bertz CT molecular complexity index is 778. The van der Waals surface area contributed by atoms with E-state index in [9.17, 15) is 19.7 Å². The molecule has 8 nitrogen and oxygen atoms in total. The first-order chi connectivity index (χ1) is 10.5. The number of nitro benzene ring substituents is 1. The van der Waals surface area contributed by atoms with Gasteiger partial charge in [-0.1, -0.05) is 12.1 Å². The number of nitro groups is 1. The molecule has 0 bridgehead atoms. The highest BCUT2D eigenvalue weighted by atomic mass is 16.6. The standard InChI is InChI=1S/C14H13N3O5/c18-12(19)7-16(9-4-5-9)14(20)10-6-8-2-1-3-11(17(21)22)13(8)15-10/h1-3,6,9,15H,4-5,7H2,(H,18,19). The van der Waals surface area contributed by atoms with Gasteiger partial charge in [-0.15, -0.1) is 0 Å². The molecule has 1 aromatic carbocycles. The Morgan fingerprint density at radius 1 is 1.41 bits per heavy atom. The molecular formula is C14H13N3O5. The van der Waals surface area contributed by atoms with E-state index in [4.69, 9.17) is 5.11 Å². The highest BCUT2D eigenvalue weighted by molar-refractivity contribution is 6.01. The maximum atomic E-state index is 12.5. The third-order valence-corrected chi connectivity index (χ3v) is 3.62. The van der Waals surface area contributed by atoms with E-state index in [1.807, 2.05) is 0 Å². The number of nitrogens with one attached hydrogen (secondary N) is 1. The first kappa shape index (κ1) is 14.1. The van der Waals surface area contributed by atoms with Crippen LogP contribution in [0, 0.1) is 10.1 Å². The minimum Gasteiger partial charge on any atom is -0.480 e. The molecule has 0 radical (unpaired) electrons. The van der Waals surface area contributed by atoms with Crippen LogP contribution in [0.5, 0.6) is 0 Å². The molecule has 1 aromatic heterocycles. The SMILES string of the molecule is O=C(O)CN(C(=O)c1cc2cccc([N+](=O)[O-])c2[nH]1)C1CC1. The van der Waals surface area contributed by atoms with Gasteiger partial charge in [-0.3, -0.25) is 19.7 Å². The number of para-hydroxylation sites is 1. The summed E-state index contributed by atoms with van der Waals surface area (Å²) in [6.07, 6.45) is 1.55. The summed E-state index contributed by atoms with van der Waals surface area (Å²) in [7, 11) is 0. The number of non-ortho nitro benzene ring substituents is 1. The van der Waals surface area contributed by atoms with Crippen molar-refractivity contribution in [3.05, 3.63) is 40.1 Å². The fourth-order valence-electron chi connectivity index (χ4n) is 2.46. The molecule has 1 amide bonds. The lowest BCUT2D eigenvalue weighted by atomic mass is 10.2. The van der Waals surface area contributed by atoms with Gasteiger partial charge >= 0.3 is 5.97 Å². The van der Waals surface area contributed by atoms with Crippen LogP contribution in [0.4, 0.5) is 5.69 Å². The van der Waals surface area contributed by atoms with Crippen molar-refractivity contribution in [3.8, 4) is 0 Å². The van der Waals surface area contributed by atoms with Crippen LogP contribution in [0.2, 0.25) is 0 Å². The highest BCUT2D eigenvalue weighted by Crippen LogP contribution is 2.30. The fraction of sp³-hybridized carbons (Fsp3) is 0.286. The van der Waals surface area contributed by atoms with Crippen molar-refractivity contribution in [3.63, 3.8) is 0 Å². The van der Waals surface area contributed by atoms with E-state index in [2.05, 4.69) is 4.98 Å². The molecule has 0 aliphatic heterocycles. The Kier molecular flexibility index (Phi) is 3.28. The summed E-state index contributed by atoms with van der Waals surface area (Å²) < 4.78 is 0. The van der Waals surface area contributed by atoms with Crippen LogP contribution in [0.3, 0.4) is 0 Å². The molecule has 2 N–H and O–H groups in total. The fourth-order valence-corrected chi connectivity index (χ4v) is 2.46. The van der Waals surface area contributed by atoms with Gasteiger partial charge in [0.2, 0.25) is 0 Å². The third-order valence-electron chi connectivity index (χ3n) is 3.62. The van der Waals surface area contributed by atoms with E-state index < -0.39 is 16.8 Å². The van der Waals surface area contributed by atoms with Gasteiger partial charge < -0.3 is 15.0 Å². The molecule has 1 aliphatic carbocycles. The van der Waals surface area contributed by atoms with E-state index in [1.165, 1.54) is 17.0 Å². The zero-order valence-corrected chi connectivity index (χ0v) is 11.5. The monoisotopic (exact) mass is 303 g/mol. The van der Waals surface area contributed by atoms with Gasteiger partial charge in [-0.2, -0.15) is 0 Å². The molecule has 0 saturated heterocycles. The highest BCUT2D eigenvalue weighted by Gasteiger charge is 2.35. The zero-order chi connectivity index (χ0) is 15.9. The molecule has 8 heteroatoms. The molecule has 1 saturated carbocycles. The van der Waals surface area contributed by atoms with Crippen LogP contribution >= 0.6 is 0 Å². The van der Waals surface area contributed by atoms with Gasteiger partial charge in [-0.05, 0) is 18.9 Å². The van der Waals surface area contributed by atoms with E-state index in [0.29, 0.717) is 5.39 Å². The summed E-state index contributed by atoms with van der Waals surface area (Å²) in [6.45, 7) is -0.374.